The molecule has 0 saturated carbocycles. The second-order valence-electron chi connectivity index (χ2n) is 4.01. The number of fused-ring (bicyclic) bond motifs is 1. The Morgan fingerprint density at radius 3 is 2.78 bits per heavy atom. The fraction of sp³-hybridized carbons (Fsp3) is 0.0833. The second-order valence-corrected chi connectivity index (χ2v) is 7.24. The summed E-state index contributed by atoms with van der Waals surface area (Å²) in [6.07, 6.45) is 2.00. The van der Waals surface area contributed by atoms with E-state index in [-0.39, 0.29) is 0 Å². The fourth-order valence-electron chi connectivity index (χ4n) is 1.81. The Hall–Kier alpha value is -0.850. The van der Waals surface area contributed by atoms with Crippen LogP contribution in [0.5, 0.6) is 0 Å². The minimum atomic E-state index is 0.676. The number of aryl methyl sites for hydroxylation is 1. The summed E-state index contributed by atoms with van der Waals surface area (Å²) in [5.74, 6) is 0.676. The first kappa shape index (κ1) is 12.2. The molecule has 0 aliphatic carbocycles. The lowest BCUT2D eigenvalue weighted by atomic mass is 10.3. The Morgan fingerprint density at radius 2 is 2.11 bits per heavy atom. The number of thiophene rings is 1. The van der Waals surface area contributed by atoms with Gasteiger partial charge in [-0.2, -0.15) is 0 Å². The summed E-state index contributed by atoms with van der Waals surface area (Å²) in [4.78, 5) is 5.63. The summed E-state index contributed by atoms with van der Waals surface area (Å²) in [5, 5.41) is 0. The van der Waals surface area contributed by atoms with Gasteiger partial charge in [0.25, 0.3) is 0 Å². The van der Waals surface area contributed by atoms with E-state index in [0.29, 0.717) is 5.82 Å². The van der Waals surface area contributed by atoms with E-state index in [0.717, 1.165) is 30.0 Å². The molecule has 3 aromatic heterocycles. The summed E-state index contributed by atoms with van der Waals surface area (Å²) >= 11 is 8.59. The van der Waals surface area contributed by atoms with Crippen molar-refractivity contribution in [2.24, 2.45) is 0 Å². The zero-order chi connectivity index (χ0) is 12.9. The fourth-order valence-corrected chi connectivity index (χ4v) is 3.85. The summed E-state index contributed by atoms with van der Waals surface area (Å²) in [6, 6.07) is 6.04. The molecule has 18 heavy (non-hydrogen) atoms. The van der Waals surface area contributed by atoms with Gasteiger partial charge in [0.2, 0.25) is 0 Å². The van der Waals surface area contributed by atoms with Gasteiger partial charge in [-0.15, -0.1) is 11.3 Å². The predicted octanol–water partition coefficient (Wildman–Crippen LogP) is 4.48. The van der Waals surface area contributed by atoms with Gasteiger partial charge in [0, 0.05) is 10.7 Å². The third kappa shape index (κ3) is 1.88. The molecule has 3 nitrogen and oxygen atoms in total. The van der Waals surface area contributed by atoms with Crippen LogP contribution < -0.4 is 5.73 Å². The van der Waals surface area contributed by atoms with E-state index in [1.807, 2.05) is 35.7 Å². The van der Waals surface area contributed by atoms with Gasteiger partial charge in [-0.25, -0.2) is 4.98 Å². The third-order valence-electron chi connectivity index (χ3n) is 2.68. The number of anilines is 1. The van der Waals surface area contributed by atoms with Crippen molar-refractivity contribution in [1.29, 1.82) is 0 Å². The maximum absolute atomic E-state index is 6.18. The summed E-state index contributed by atoms with van der Waals surface area (Å²) in [6.45, 7) is 2.04. The summed E-state index contributed by atoms with van der Waals surface area (Å²) in [7, 11) is 0. The number of nitrogen functional groups attached to an aromatic ring is 1. The van der Waals surface area contributed by atoms with Gasteiger partial charge in [-0.1, -0.05) is 6.07 Å². The van der Waals surface area contributed by atoms with Gasteiger partial charge in [0.05, 0.1) is 8.66 Å². The van der Waals surface area contributed by atoms with Gasteiger partial charge >= 0.3 is 0 Å². The van der Waals surface area contributed by atoms with E-state index >= 15 is 0 Å². The first-order chi connectivity index (χ1) is 8.56. The Bertz CT molecular complexity index is 726. The van der Waals surface area contributed by atoms with Crippen molar-refractivity contribution >= 4 is 54.7 Å². The molecule has 0 spiro atoms. The zero-order valence-electron chi connectivity index (χ0n) is 9.45. The Balaban J connectivity index is 2.26. The van der Waals surface area contributed by atoms with Crippen LogP contribution in [-0.2, 0) is 0 Å². The second kappa shape index (κ2) is 4.36. The van der Waals surface area contributed by atoms with Crippen LogP contribution in [0.15, 0.2) is 32.7 Å². The molecule has 0 atom stereocenters. The molecular weight excluding hydrogens is 378 g/mol. The molecule has 0 aliphatic heterocycles. The smallest absolute Gasteiger partial charge is 0.139 e. The first-order valence-corrected chi connectivity index (χ1v) is 7.66. The lowest BCUT2D eigenvalue weighted by molar-refractivity contribution is 1.16. The van der Waals surface area contributed by atoms with Crippen molar-refractivity contribution < 1.29 is 0 Å². The molecule has 0 amide bonds. The highest BCUT2D eigenvalue weighted by atomic mass is 79.9. The van der Waals surface area contributed by atoms with Gasteiger partial charge in [-0.3, -0.25) is 4.40 Å². The number of rotatable bonds is 1. The van der Waals surface area contributed by atoms with Crippen LogP contribution in [0.3, 0.4) is 0 Å². The maximum Gasteiger partial charge on any atom is 0.139 e. The quantitative estimate of drug-likeness (QED) is 0.670. The Labute approximate surface area is 125 Å². The molecule has 0 bridgehead atoms. The molecule has 0 saturated heterocycles. The molecule has 2 N–H and O–H groups in total. The van der Waals surface area contributed by atoms with E-state index in [2.05, 4.69) is 36.8 Å². The van der Waals surface area contributed by atoms with Crippen molar-refractivity contribution in [2.45, 2.75) is 6.92 Å². The highest BCUT2D eigenvalue weighted by Crippen LogP contribution is 2.39. The van der Waals surface area contributed by atoms with E-state index in [1.165, 1.54) is 0 Å². The Kier molecular flexibility index (Phi) is 2.96. The molecule has 0 fully saturated rings. The molecule has 92 valence electrons. The maximum atomic E-state index is 6.18. The number of aromatic nitrogens is 2. The van der Waals surface area contributed by atoms with E-state index in [4.69, 9.17) is 5.73 Å². The van der Waals surface area contributed by atoms with E-state index in [1.54, 1.807) is 11.3 Å². The molecule has 3 rings (SSSR count). The predicted molar refractivity (Wildman–Crippen MR) is 83.1 cm³/mol. The van der Waals surface area contributed by atoms with Crippen molar-refractivity contribution in [3.05, 3.63) is 38.2 Å². The third-order valence-corrected chi connectivity index (χ3v) is 5.94. The number of halogens is 2. The molecule has 0 radical (unpaired) electrons. The number of nitrogens with two attached hydrogens (primary N) is 1. The average molecular weight is 387 g/mol. The molecule has 3 heterocycles. The topological polar surface area (TPSA) is 43.3 Å². The lowest BCUT2D eigenvalue weighted by Gasteiger charge is -1.97. The molecule has 0 aliphatic rings. The standard InChI is InChI=1S/C12H9Br2N3S/c1-6-2-3-9-16-10(12(15)17(9)5-6)8-4-7(13)11(14)18-8/h2-5H,15H2,1H3. The molecule has 0 unspecified atom stereocenters. The normalized spacial score (nSPS) is 11.3. The van der Waals surface area contributed by atoms with Crippen LogP contribution >= 0.6 is 43.2 Å². The van der Waals surface area contributed by atoms with Crippen LogP contribution in [0.2, 0.25) is 0 Å². The number of nitrogens with zero attached hydrogens (tertiary/aromatic N) is 2. The number of imidazole rings is 1. The first-order valence-electron chi connectivity index (χ1n) is 5.25. The average Bonchev–Trinajstić information content (AvgIpc) is 2.82. The van der Waals surface area contributed by atoms with Crippen LogP contribution in [0.25, 0.3) is 16.2 Å². The van der Waals surface area contributed by atoms with Crippen LogP contribution in [0.4, 0.5) is 5.82 Å². The number of hydrogen-bond donors (Lipinski definition) is 1. The lowest BCUT2D eigenvalue weighted by Crippen LogP contribution is -1.93. The minimum absolute atomic E-state index is 0.676. The monoisotopic (exact) mass is 385 g/mol. The molecule has 0 aromatic carbocycles. The van der Waals surface area contributed by atoms with Gasteiger partial charge < -0.3 is 5.73 Å². The van der Waals surface area contributed by atoms with Crippen molar-refractivity contribution in [3.63, 3.8) is 0 Å². The van der Waals surface area contributed by atoms with E-state index in [9.17, 15) is 0 Å². The van der Waals surface area contributed by atoms with Crippen molar-refractivity contribution in [2.75, 3.05) is 5.73 Å². The highest BCUT2D eigenvalue weighted by molar-refractivity contribution is 9.13. The molecule has 3 aromatic rings. The van der Waals surface area contributed by atoms with Gasteiger partial charge in [0.1, 0.15) is 17.2 Å². The van der Waals surface area contributed by atoms with E-state index < -0.39 is 0 Å². The number of pyridine rings is 1. The van der Waals surface area contributed by atoms with Crippen LogP contribution in [0.1, 0.15) is 5.56 Å². The van der Waals surface area contributed by atoms with Crippen LogP contribution in [-0.4, -0.2) is 9.38 Å². The largest absolute Gasteiger partial charge is 0.383 e. The number of hydrogen-bond acceptors (Lipinski definition) is 3. The van der Waals surface area contributed by atoms with Crippen LogP contribution in [0, 0.1) is 6.92 Å². The van der Waals surface area contributed by atoms with Crippen molar-refractivity contribution in [1.82, 2.24) is 9.38 Å². The van der Waals surface area contributed by atoms with Crippen molar-refractivity contribution in [3.8, 4) is 10.6 Å². The molecule has 6 heteroatoms. The SMILES string of the molecule is Cc1ccc2nc(-c3cc(Br)c(Br)s3)c(N)n2c1. The van der Waals surface area contributed by atoms with Gasteiger partial charge in [-0.05, 0) is 56.5 Å². The summed E-state index contributed by atoms with van der Waals surface area (Å²) < 4.78 is 3.99. The summed E-state index contributed by atoms with van der Waals surface area (Å²) in [5.41, 5.74) is 9.03. The molecular formula is C12H9Br2N3S. The Morgan fingerprint density at radius 1 is 1.33 bits per heavy atom. The zero-order valence-corrected chi connectivity index (χ0v) is 13.4. The minimum Gasteiger partial charge on any atom is -0.383 e. The highest BCUT2D eigenvalue weighted by Gasteiger charge is 2.14. The van der Waals surface area contributed by atoms with Gasteiger partial charge in [0.15, 0.2) is 0 Å².